The molecule has 0 bridgehead atoms. The van der Waals surface area contributed by atoms with Gasteiger partial charge < -0.3 is 5.32 Å². The van der Waals surface area contributed by atoms with E-state index in [-0.39, 0.29) is 0 Å². The summed E-state index contributed by atoms with van der Waals surface area (Å²) in [6, 6.07) is 11.0. The first-order valence-electron chi connectivity index (χ1n) is 7.13. The van der Waals surface area contributed by atoms with Crippen molar-refractivity contribution in [3.05, 3.63) is 51.4 Å². The lowest BCUT2D eigenvalue weighted by Gasteiger charge is -2.26. The van der Waals surface area contributed by atoms with Gasteiger partial charge in [0.05, 0.1) is 6.20 Å². The Bertz CT molecular complexity index is 508. The van der Waals surface area contributed by atoms with Gasteiger partial charge in [0.25, 0.3) is 0 Å². The predicted octanol–water partition coefficient (Wildman–Crippen LogP) is 5.06. The molecule has 0 saturated carbocycles. The van der Waals surface area contributed by atoms with E-state index in [1.165, 1.54) is 18.4 Å². The van der Waals surface area contributed by atoms with Gasteiger partial charge in [0.1, 0.15) is 9.34 Å². The fraction of sp³-hybridized carbons (Fsp3) is 0.438. The minimum Gasteiger partial charge on any atom is -0.303 e. The van der Waals surface area contributed by atoms with Crippen LogP contribution in [0.1, 0.15) is 43.3 Å². The van der Waals surface area contributed by atoms with Gasteiger partial charge in [0.15, 0.2) is 0 Å². The third kappa shape index (κ3) is 4.05. The van der Waals surface area contributed by atoms with Gasteiger partial charge in [-0.25, -0.2) is 4.98 Å². The molecule has 0 amide bonds. The summed E-state index contributed by atoms with van der Waals surface area (Å²) >= 11 is 7.48. The number of rotatable bonds is 7. The van der Waals surface area contributed by atoms with Crippen molar-refractivity contribution >= 4 is 22.9 Å². The fourth-order valence-corrected chi connectivity index (χ4v) is 3.45. The number of hydrogen-bond donors (Lipinski definition) is 1. The Hall–Kier alpha value is -0.900. The molecule has 0 spiro atoms. The highest BCUT2D eigenvalue weighted by Crippen LogP contribution is 2.28. The molecule has 1 N–H and O–H groups in total. The largest absolute Gasteiger partial charge is 0.303 e. The Morgan fingerprint density at radius 3 is 2.45 bits per heavy atom. The number of benzene rings is 1. The number of nitrogens with one attached hydrogen (secondary N) is 1. The molecule has 1 atom stereocenters. The molecular formula is C16H21ClN2S. The standard InChI is InChI=1S/C16H21ClN2S/c1-3-12(4-2)16(13-8-6-5-7-9-13)19-11-15-18-10-14(17)20-15/h5-10,12,16,19H,3-4,11H2,1-2H3. The van der Waals surface area contributed by atoms with E-state index in [0.717, 1.165) is 15.9 Å². The second-order valence-corrected chi connectivity index (χ2v) is 6.65. The maximum absolute atomic E-state index is 5.94. The molecular weight excluding hydrogens is 288 g/mol. The van der Waals surface area contributed by atoms with Crippen molar-refractivity contribution in [2.45, 2.75) is 39.3 Å². The summed E-state index contributed by atoms with van der Waals surface area (Å²) in [7, 11) is 0. The number of nitrogens with zero attached hydrogens (tertiary/aromatic N) is 1. The van der Waals surface area contributed by atoms with Crippen LogP contribution in [-0.2, 0) is 6.54 Å². The van der Waals surface area contributed by atoms with Crippen LogP contribution in [0.5, 0.6) is 0 Å². The lowest BCUT2D eigenvalue weighted by molar-refractivity contribution is 0.339. The second kappa shape index (κ2) is 7.77. The average molecular weight is 309 g/mol. The molecule has 2 aromatic rings. The Balaban J connectivity index is 2.10. The molecule has 0 radical (unpaired) electrons. The molecule has 108 valence electrons. The molecule has 0 aliphatic rings. The monoisotopic (exact) mass is 308 g/mol. The molecule has 0 aliphatic heterocycles. The van der Waals surface area contributed by atoms with E-state index in [1.807, 2.05) is 0 Å². The van der Waals surface area contributed by atoms with Crippen LogP contribution in [0, 0.1) is 5.92 Å². The summed E-state index contributed by atoms with van der Waals surface area (Å²) in [6.45, 7) is 5.28. The first kappa shape index (κ1) is 15.5. The molecule has 20 heavy (non-hydrogen) atoms. The van der Waals surface area contributed by atoms with E-state index < -0.39 is 0 Å². The lowest BCUT2D eigenvalue weighted by atomic mass is 9.89. The second-order valence-electron chi connectivity index (χ2n) is 4.90. The van der Waals surface area contributed by atoms with Gasteiger partial charge in [-0.2, -0.15) is 0 Å². The van der Waals surface area contributed by atoms with E-state index in [1.54, 1.807) is 17.5 Å². The van der Waals surface area contributed by atoms with Crippen LogP contribution in [0.25, 0.3) is 0 Å². The predicted molar refractivity (Wildman–Crippen MR) is 87.2 cm³/mol. The van der Waals surface area contributed by atoms with Gasteiger partial charge in [0.2, 0.25) is 0 Å². The number of hydrogen-bond acceptors (Lipinski definition) is 3. The summed E-state index contributed by atoms with van der Waals surface area (Å²) in [6.07, 6.45) is 4.06. The molecule has 0 saturated heterocycles. The average Bonchev–Trinajstić information content (AvgIpc) is 2.90. The summed E-state index contributed by atoms with van der Waals surface area (Å²) in [4.78, 5) is 4.32. The summed E-state index contributed by atoms with van der Waals surface area (Å²) < 4.78 is 0.751. The first-order chi connectivity index (χ1) is 9.74. The fourth-order valence-electron chi connectivity index (χ4n) is 2.54. The van der Waals surface area contributed by atoms with Crippen LogP contribution in [0.3, 0.4) is 0 Å². The van der Waals surface area contributed by atoms with Gasteiger partial charge in [-0.15, -0.1) is 11.3 Å². The van der Waals surface area contributed by atoms with Crippen molar-refractivity contribution in [3.8, 4) is 0 Å². The molecule has 4 heteroatoms. The molecule has 0 fully saturated rings. The Kier molecular flexibility index (Phi) is 6.02. The third-order valence-corrected chi connectivity index (χ3v) is 4.79. The SMILES string of the molecule is CCC(CC)C(NCc1ncc(Cl)s1)c1ccccc1. The number of aromatic nitrogens is 1. The highest BCUT2D eigenvalue weighted by Gasteiger charge is 2.20. The summed E-state index contributed by atoms with van der Waals surface area (Å²) in [5.41, 5.74) is 1.35. The van der Waals surface area contributed by atoms with E-state index >= 15 is 0 Å². The molecule has 1 aromatic carbocycles. The van der Waals surface area contributed by atoms with Crippen molar-refractivity contribution < 1.29 is 0 Å². The Morgan fingerprint density at radius 2 is 1.90 bits per heavy atom. The van der Waals surface area contributed by atoms with Crippen LogP contribution in [0.15, 0.2) is 36.5 Å². The van der Waals surface area contributed by atoms with Crippen LogP contribution in [0.2, 0.25) is 4.34 Å². The molecule has 2 nitrogen and oxygen atoms in total. The van der Waals surface area contributed by atoms with Crippen LogP contribution >= 0.6 is 22.9 Å². The zero-order valence-corrected chi connectivity index (χ0v) is 13.5. The van der Waals surface area contributed by atoms with Crippen LogP contribution < -0.4 is 5.32 Å². The van der Waals surface area contributed by atoms with Gasteiger partial charge >= 0.3 is 0 Å². The first-order valence-corrected chi connectivity index (χ1v) is 8.32. The zero-order chi connectivity index (χ0) is 14.4. The molecule has 1 heterocycles. The maximum atomic E-state index is 5.94. The molecule has 1 unspecified atom stereocenters. The van der Waals surface area contributed by atoms with E-state index in [4.69, 9.17) is 11.6 Å². The maximum Gasteiger partial charge on any atom is 0.113 e. The van der Waals surface area contributed by atoms with Gasteiger partial charge in [-0.1, -0.05) is 68.6 Å². The lowest BCUT2D eigenvalue weighted by Crippen LogP contribution is -2.27. The van der Waals surface area contributed by atoms with Gasteiger partial charge in [0, 0.05) is 12.6 Å². The van der Waals surface area contributed by atoms with Crippen molar-refractivity contribution in [1.82, 2.24) is 10.3 Å². The summed E-state index contributed by atoms with van der Waals surface area (Å²) in [5.74, 6) is 0.632. The zero-order valence-electron chi connectivity index (χ0n) is 12.0. The Morgan fingerprint density at radius 1 is 1.20 bits per heavy atom. The number of thiazole rings is 1. The van der Waals surface area contributed by atoms with Crippen molar-refractivity contribution in [1.29, 1.82) is 0 Å². The van der Waals surface area contributed by atoms with E-state index in [9.17, 15) is 0 Å². The highest BCUT2D eigenvalue weighted by molar-refractivity contribution is 7.15. The minimum atomic E-state index is 0.369. The van der Waals surface area contributed by atoms with Crippen LogP contribution in [-0.4, -0.2) is 4.98 Å². The quantitative estimate of drug-likeness (QED) is 0.773. The number of halogens is 1. The van der Waals surface area contributed by atoms with Gasteiger partial charge in [-0.05, 0) is 11.5 Å². The third-order valence-electron chi connectivity index (χ3n) is 3.68. The smallest absolute Gasteiger partial charge is 0.113 e. The van der Waals surface area contributed by atoms with Gasteiger partial charge in [-0.3, -0.25) is 0 Å². The van der Waals surface area contributed by atoms with Crippen molar-refractivity contribution in [2.75, 3.05) is 0 Å². The molecule has 1 aromatic heterocycles. The van der Waals surface area contributed by atoms with Crippen molar-refractivity contribution in [3.63, 3.8) is 0 Å². The summed E-state index contributed by atoms with van der Waals surface area (Å²) in [5, 5.41) is 4.70. The van der Waals surface area contributed by atoms with E-state index in [0.29, 0.717) is 12.0 Å². The van der Waals surface area contributed by atoms with Crippen LogP contribution in [0.4, 0.5) is 0 Å². The Labute approximate surface area is 130 Å². The minimum absolute atomic E-state index is 0.369. The molecule has 0 aliphatic carbocycles. The molecule has 2 rings (SSSR count). The highest BCUT2D eigenvalue weighted by atomic mass is 35.5. The topological polar surface area (TPSA) is 24.9 Å². The van der Waals surface area contributed by atoms with Crippen molar-refractivity contribution in [2.24, 2.45) is 5.92 Å². The van der Waals surface area contributed by atoms with E-state index in [2.05, 4.69) is 54.5 Å². The normalized spacial score (nSPS) is 12.8.